The van der Waals surface area contributed by atoms with Gasteiger partial charge >= 0.3 is 0 Å². The van der Waals surface area contributed by atoms with Crippen LogP contribution in [0.15, 0.2) is 24.3 Å². The van der Waals surface area contributed by atoms with E-state index in [0.717, 1.165) is 11.3 Å². The third-order valence-corrected chi connectivity index (χ3v) is 3.22. The maximum Gasteiger partial charge on any atom is 0.248 e. The first-order valence-electron chi connectivity index (χ1n) is 4.74. The van der Waals surface area contributed by atoms with E-state index in [1.54, 1.807) is 23.9 Å². The minimum atomic E-state index is -0.406. The summed E-state index contributed by atoms with van der Waals surface area (Å²) in [5, 5.41) is 9.07. The predicted molar refractivity (Wildman–Crippen MR) is 62.8 cm³/mol. The van der Waals surface area contributed by atoms with Gasteiger partial charge in [-0.05, 0) is 17.7 Å². The second-order valence-electron chi connectivity index (χ2n) is 3.37. The summed E-state index contributed by atoms with van der Waals surface area (Å²) in [6.45, 7) is 2.13. The zero-order valence-corrected chi connectivity index (χ0v) is 9.46. The van der Waals surface area contributed by atoms with Crippen LogP contribution in [0.2, 0.25) is 0 Å². The van der Waals surface area contributed by atoms with Gasteiger partial charge in [0.05, 0.1) is 6.61 Å². The molecule has 0 radical (unpaired) electrons. The Morgan fingerprint density at radius 2 is 2.33 bits per heavy atom. The van der Waals surface area contributed by atoms with Gasteiger partial charge in [0.2, 0.25) is 5.91 Å². The highest BCUT2D eigenvalue weighted by atomic mass is 32.2. The molecule has 4 heteroatoms. The molecule has 1 amide bonds. The summed E-state index contributed by atoms with van der Waals surface area (Å²) in [4.78, 5) is 10.9. The maximum atomic E-state index is 10.9. The van der Waals surface area contributed by atoms with Gasteiger partial charge in [-0.3, -0.25) is 4.79 Å². The normalized spacial score (nSPS) is 12.4. The van der Waals surface area contributed by atoms with Crippen molar-refractivity contribution in [3.63, 3.8) is 0 Å². The monoisotopic (exact) mass is 225 g/mol. The number of hydrogen-bond donors (Lipinski definition) is 2. The first-order valence-corrected chi connectivity index (χ1v) is 5.79. The Morgan fingerprint density at radius 3 is 2.93 bits per heavy atom. The Morgan fingerprint density at radius 1 is 1.60 bits per heavy atom. The topological polar surface area (TPSA) is 63.3 Å². The first-order chi connectivity index (χ1) is 7.13. The van der Waals surface area contributed by atoms with E-state index in [2.05, 4.69) is 0 Å². The van der Waals surface area contributed by atoms with Crippen LogP contribution < -0.4 is 5.73 Å². The number of nitrogens with two attached hydrogens (primary N) is 1. The summed E-state index contributed by atoms with van der Waals surface area (Å²) < 4.78 is 0. The van der Waals surface area contributed by atoms with Crippen molar-refractivity contribution < 1.29 is 9.90 Å². The lowest BCUT2D eigenvalue weighted by Crippen LogP contribution is -2.11. The molecular formula is C11H15NO2S. The van der Waals surface area contributed by atoms with Gasteiger partial charge in [-0.2, -0.15) is 11.8 Å². The molecule has 0 aromatic heterocycles. The van der Waals surface area contributed by atoms with Gasteiger partial charge in [-0.1, -0.05) is 19.1 Å². The van der Waals surface area contributed by atoms with E-state index in [9.17, 15) is 4.79 Å². The summed E-state index contributed by atoms with van der Waals surface area (Å²) in [7, 11) is 0. The largest absolute Gasteiger partial charge is 0.395 e. The lowest BCUT2D eigenvalue weighted by atomic mass is 10.1. The molecule has 0 saturated heterocycles. The molecule has 0 aliphatic carbocycles. The van der Waals surface area contributed by atoms with Crippen molar-refractivity contribution in [3.05, 3.63) is 35.4 Å². The van der Waals surface area contributed by atoms with E-state index in [1.165, 1.54) is 0 Å². The predicted octanol–water partition coefficient (Wildman–Crippen LogP) is 1.40. The van der Waals surface area contributed by atoms with E-state index in [0.29, 0.717) is 5.56 Å². The van der Waals surface area contributed by atoms with Crippen LogP contribution in [0.3, 0.4) is 0 Å². The Hall–Kier alpha value is -1.00. The van der Waals surface area contributed by atoms with E-state index in [4.69, 9.17) is 10.8 Å². The van der Waals surface area contributed by atoms with Crippen molar-refractivity contribution in [2.75, 3.05) is 6.61 Å². The van der Waals surface area contributed by atoms with Gasteiger partial charge in [-0.15, -0.1) is 0 Å². The Labute approximate surface area is 93.7 Å². The summed E-state index contributed by atoms with van der Waals surface area (Å²) in [5.74, 6) is 0.375. The zero-order chi connectivity index (χ0) is 11.3. The lowest BCUT2D eigenvalue weighted by molar-refractivity contribution is 0.1000. The summed E-state index contributed by atoms with van der Waals surface area (Å²) in [5.41, 5.74) is 6.76. The fourth-order valence-electron chi connectivity index (χ4n) is 1.11. The Kier molecular flexibility index (Phi) is 4.65. The van der Waals surface area contributed by atoms with Crippen molar-refractivity contribution in [1.82, 2.24) is 0 Å². The van der Waals surface area contributed by atoms with Crippen LogP contribution in [0.5, 0.6) is 0 Å². The molecule has 3 N–H and O–H groups in total. The maximum absolute atomic E-state index is 10.9. The minimum absolute atomic E-state index is 0.167. The van der Waals surface area contributed by atoms with Crippen LogP contribution in [-0.4, -0.2) is 22.9 Å². The molecule has 0 aliphatic heterocycles. The number of carbonyl (C=O) groups excluding carboxylic acids is 1. The average Bonchev–Trinajstić information content (AvgIpc) is 2.26. The number of aliphatic hydroxyl groups is 1. The molecule has 0 aliphatic rings. The lowest BCUT2D eigenvalue weighted by Gasteiger charge is -2.07. The Balaban J connectivity index is 2.62. The van der Waals surface area contributed by atoms with E-state index < -0.39 is 5.91 Å². The highest BCUT2D eigenvalue weighted by Gasteiger charge is 2.04. The average molecular weight is 225 g/mol. The fraction of sp³-hybridized carbons (Fsp3) is 0.364. The van der Waals surface area contributed by atoms with Crippen molar-refractivity contribution >= 4 is 17.7 Å². The van der Waals surface area contributed by atoms with Crippen LogP contribution in [0.1, 0.15) is 22.8 Å². The number of rotatable bonds is 5. The minimum Gasteiger partial charge on any atom is -0.395 e. The van der Waals surface area contributed by atoms with Crippen molar-refractivity contribution in [1.29, 1.82) is 0 Å². The van der Waals surface area contributed by atoms with Gasteiger partial charge < -0.3 is 10.8 Å². The van der Waals surface area contributed by atoms with Gasteiger partial charge in [0.25, 0.3) is 0 Å². The molecule has 1 atom stereocenters. The smallest absolute Gasteiger partial charge is 0.248 e. The molecule has 3 nitrogen and oxygen atoms in total. The van der Waals surface area contributed by atoms with Crippen molar-refractivity contribution in [3.8, 4) is 0 Å². The number of benzene rings is 1. The van der Waals surface area contributed by atoms with E-state index in [-0.39, 0.29) is 11.9 Å². The molecule has 0 fully saturated rings. The van der Waals surface area contributed by atoms with Gasteiger partial charge in [0, 0.05) is 16.6 Å². The molecule has 1 aromatic carbocycles. The first kappa shape index (κ1) is 12.1. The van der Waals surface area contributed by atoms with Crippen LogP contribution in [0.25, 0.3) is 0 Å². The van der Waals surface area contributed by atoms with Crippen molar-refractivity contribution in [2.45, 2.75) is 17.9 Å². The van der Waals surface area contributed by atoms with Crippen LogP contribution in [-0.2, 0) is 5.75 Å². The molecule has 1 unspecified atom stereocenters. The molecule has 0 saturated carbocycles. The van der Waals surface area contributed by atoms with Crippen LogP contribution >= 0.6 is 11.8 Å². The molecule has 1 rings (SSSR count). The summed E-state index contributed by atoms with van der Waals surface area (Å²) >= 11 is 1.65. The van der Waals surface area contributed by atoms with E-state index in [1.807, 2.05) is 19.1 Å². The number of carbonyl (C=O) groups is 1. The quantitative estimate of drug-likeness (QED) is 0.796. The van der Waals surface area contributed by atoms with E-state index >= 15 is 0 Å². The molecule has 0 bridgehead atoms. The third-order valence-electron chi connectivity index (χ3n) is 2.00. The zero-order valence-electron chi connectivity index (χ0n) is 8.64. The molecule has 0 heterocycles. The SMILES string of the molecule is CC(CO)SCc1cccc(C(N)=O)c1. The Bertz CT molecular complexity index is 341. The second-order valence-corrected chi connectivity index (χ2v) is 4.80. The summed E-state index contributed by atoms with van der Waals surface area (Å²) in [6, 6.07) is 7.26. The standard InChI is InChI=1S/C11H15NO2S/c1-8(6-13)15-7-9-3-2-4-10(5-9)11(12)14/h2-5,8,13H,6-7H2,1H3,(H2,12,14). The number of aliphatic hydroxyl groups excluding tert-OH is 1. The van der Waals surface area contributed by atoms with Gasteiger partial charge in [-0.25, -0.2) is 0 Å². The molecule has 82 valence electrons. The van der Waals surface area contributed by atoms with Gasteiger partial charge in [0.1, 0.15) is 0 Å². The molecular weight excluding hydrogens is 210 g/mol. The van der Waals surface area contributed by atoms with Crippen molar-refractivity contribution in [2.24, 2.45) is 5.73 Å². The number of amides is 1. The molecule has 15 heavy (non-hydrogen) atoms. The number of thioether (sulfide) groups is 1. The summed E-state index contributed by atoms with van der Waals surface area (Å²) in [6.07, 6.45) is 0. The highest BCUT2D eigenvalue weighted by molar-refractivity contribution is 7.99. The van der Waals surface area contributed by atoms with Crippen LogP contribution in [0.4, 0.5) is 0 Å². The van der Waals surface area contributed by atoms with Gasteiger partial charge in [0.15, 0.2) is 0 Å². The second kappa shape index (κ2) is 5.78. The number of primary amides is 1. The highest BCUT2D eigenvalue weighted by Crippen LogP contribution is 2.17. The molecule has 1 aromatic rings. The number of hydrogen-bond acceptors (Lipinski definition) is 3. The van der Waals surface area contributed by atoms with Crippen LogP contribution in [0, 0.1) is 0 Å². The fourth-order valence-corrected chi connectivity index (χ4v) is 1.87. The molecule has 0 spiro atoms. The third kappa shape index (κ3) is 3.93.